The lowest BCUT2D eigenvalue weighted by Gasteiger charge is -2.22. The van der Waals surface area contributed by atoms with Crippen molar-refractivity contribution < 1.29 is 24.2 Å². The van der Waals surface area contributed by atoms with Gasteiger partial charge in [0.05, 0.1) is 0 Å². The lowest BCUT2D eigenvalue weighted by molar-refractivity contribution is -0.142. The molecule has 4 rings (SSSR count). The number of carbonyl (C=O) groups excluding carboxylic acids is 2. The van der Waals surface area contributed by atoms with Gasteiger partial charge in [-0.1, -0.05) is 61.4 Å². The summed E-state index contributed by atoms with van der Waals surface area (Å²) in [4.78, 5) is 37.1. The van der Waals surface area contributed by atoms with Gasteiger partial charge in [-0.3, -0.25) is 4.79 Å². The molecule has 0 aliphatic heterocycles. The first kappa shape index (κ1) is 24.1. The highest BCUT2D eigenvalue weighted by molar-refractivity contribution is 7.98. The third kappa shape index (κ3) is 5.73. The Labute approximate surface area is 203 Å². The molecular weight excluding hydrogens is 452 g/mol. The number of hydrogen-bond donors (Lipinski definition) is 3. The first-order valence-corrected chi connectivity index (χ1v) is 13.0. The van der Waals surface area contributed by atoms with Gasteiger partial charge in [-0.15, -0.1) is 0 Å². The number of amides is 2. The van der Waals surface area contributed by atoms with Crippen molar-refractivity contribution >= 4 is 29.7 Å². The summed E-state index contributed by atoms with van der Waals surface area (Å²) >= 11 is 1.52. The molecule has 0 radical (unpaired) electrons. The second kappa shape index (κ2) is 11.0. The van der Waals surface area contributed by atoms with Crippen LogP contribution in [0.15, 0.2) is 48.5 Å². The number of thioether (sulfide) groups is 1. The fourth-order valence-electron chi connectivity index (χ4n) is 4.47. The van der Waals surface area contributed by atoms with Crippen molar-refractivity contribution in [3.63, 3.8) is 0 Å². The molecule has 1 fully saturated rings. The van der Waals surface area contributed by atoms with E-state index >= 15 is 0 Å². The molecule has 0 aromatic heterocycles. The predicted molar refractivity (Wildman–Crippen MR) is 132 cm³/mol. The first-order chi connectivity index (χ1) is 16.5. The minimum Gasteiger partial charge on any atom is -0.480 e. The zero-order valence-electron chi connectivity index (χ0n) is 19.2. The molecule has 3 N–H and O–H groups in total. The van der Waals surface area contributed by atoms with Crippen LogP contribution in [0.4, 0.5) is 4.79 Å². The number of fused-ring (bicyclic) bond motifs is 3. The van der Waals surface area contributed by atoms with Gasteiger partial charge >= 0.3 is 12.1 Å². The van der Waals surface area contributed by atoms with Crippen molar-refractivity contribution in [3.8, 4) is 11.1 Å². The van der Waals surface area contributed by atoms with E-state index in [-0.39, 0.29) is 12.5 Å². The van der Waals surface area contributed by atoms with E-state index in [4.69, 9.17) is 4.74 Å². The minimum absolute atomic E-state index is 0.0724. The van der Waals surface area contributed by atoms with Crippen LogP contribution in [-0.2, 0) is 14.3 Å². The van der Waals surface area contributed by atoms with Crippen LogP contribution in [0, 0.1) is 5.92 Å². The van der Waals surface area contributed by atoms with Gasteiger partial charge in [0.1, 0.15) is 18.7 Å². The minimum atomic E-state index is -1.08. The summed E-state index contributed by atoms with van der Waals surface area (Å²) in [6.45, 7) is 0.156. The van der Waals surface area contributed by atoms with Crippen LogP contribution in [0.3, 0.4) is 0 Å². The largest absolute Gasteiger partial charge is 0.480 e. The van der Waals surface area contributed by atoms with Crippen LogP contribution >= 0.6 is 11.8 Å². The van der Waals surface area contributed by atoms with Crippen LogP contribution in [0.1, 0.15) is 42.7 Å². The average Bonchev–Trinajstić information content (AvgIpc) is 3.60. The maximum Gasteiger partial charge on any atom is 0.407 e. The molecule has 8 heteroatoms. The molecule has 2 atom stereocenters. The van der Waals surface area contributed by atoms with Crippen LogP contribution in [0.2, 0.25) is 0 Å². The van der Waals surface area contributed by atoms with E-state index in [0.717, 1.165) is 35.1 Å². The van der Waals surface area contributed by atoms with E-state index in [1.807, 2.05) is 42.7 Å². The number of rotatable bonds is 11. The fraction of sp³-hybridized carbons (Fsp3) is 0.423. The highest BCUT2D eigenvalue weighted by Gasteiger charge is 2.34. The van der Waals surface area contributed by atoms with Crippen molar-refractivity contribution in [1.82, 2.24) is 10.6 Å². The number of ether oxygens (including phenoxy) is 1. The number of aliphatic carboxylic acids is 1. The lowest BCUT2D eigenvalue weighted by atomic mass is 9.98. The summed E-state index contributed by atoms with van der Waals surface area (Å²) in [5.74, 6) is -0.650. The number of carboxylic acids is 1. The van der Waals surface area contributed by atoms with Gasteiger partial charge in [0.15, 0.2) is 0 Å². The number of carbonyl (C=O) groups is 3. The third-order valence-electron chi connectivity index (χ3n) is 6.44. The Morgan fingerprint density at radius 1 is 1.00 bits per heavy atom. The summed E-state index contributed by atoms with van der Waals surface area (Å²) in [6.07, 6.45) is 4.03. The first-order valence-electron chi connectivity index (χ1n) is 11.6. The third-order valence-corrected chi connectivity index (χ3v) is 7.09. The number of nitrogens with one attached hydrogen (secondary N) is 2. The van der Waals surface area contributed by atoms with Crippen LogP contribution in [0.25, 0.3) is 11.1 Å². The van der Waals surface area contributed by atoms with E-state index in [0.29, 0.717) is 24.5 Å². The molecule has 0 bridgehead atoms. The summed E-state index contributed by atoms with van der Waals surface area (Å²) in [5, 5.41) is 14.7. The van der Waals surface area contributed by atoms with E-state index in [1.54, 1.807) is 0 Å². The normalized spacial score (nSPS) is 16.1. The van der Waals surface area contributed by atoms with E-state index in [2.05, 4.69) is 22.8 Å². The molecule has 2 aromatic rings. The van der Waals surface area contributed by atoms with Crippen molar-refractivity contribution in [2.45, 2.75) is 43.7 Å². The van der Waals surface area contributed by atoms with Crippen LogP contribution in [-0.4, -0.2) is 53.8 Å². The summed E-state index contributed by atoms with van der Waals surface area (Å²) in [6, 6.07) is 14.4. The van der Waals surface area contributed by atoms with Gasteiger partial charge in [0.2, 0.25) is 5.91 Å². The number of carboxylic acid groups (broad SMARTS) is 1. The SMILES string of the molecule is CSCC[C@H](NC(=O)[C@H](CC1CC1)NC(=O)OCC1c2ccccc2-c2ccccc21)C(=O)O. The Hall–Kier alpha value is -3.00. The second-order valence-corrected chi connectivity index (χ2v) is 9.87. The van der Waals surface area contributed by atoms with E-state index < -0.39 is 30.1 Å². The molecule has 1 saturated carbocycles. The van der Waals surface area contributed by atoms with Gasteiger partial charge in [0, 0.05) is 5.92 Å². The Morgan fingerprint density at radius 2 is 1.62 bits per heavy atom. The van der Waals surface area contributed by atoms with Crippen molar-refractivity contribution in [2.75, 3.05) is 18.6 Å². The molecular formula is C26H30N2O5S. The highest BCUT2D eigenvalue weighted by atomic mass is 32.2. The summed E-state index contributed by atoms with van der Waals surface area (Å²) in [7, 11) is 0. The summed E-state index contributed by atoms with van der Waals surface area (Å²) < 4.78 is 5.59. The van der Waals surface area contributed by atoms with E-state index in [9.17, 15) is 19.5 Å². The Balaban J connectivity index is 1.39. The molecule has 7 nitrogen and oxygen atoms in total. The maximum absolute atomic E-state index is 12.9. The second-order valence-electron chi connectivity index (χ2n) is 8.88. The molecule has 2 aliphatic carbocycles. The van der Waals surface area contributed by atoms with Crippen molar-refractivity contribution in [2.24, 2.45) is 5.92 Å². The monoisotopic (exact) mass is 482 g/mol. The zero-order chi connectivity index (χ0) is 24.1. The van der Waals surface area contributed by atoms with Crippen molar-refractivity contribution in [3.05, 3.63) is 59.7 Å². The Kier molecular flexibility index (Phi) is 7.77. The quantitative estimate of drug-likeness (QED) is 0.447. The number of hydrogen-bond acceptors (Lipinski definition) is 5. The molecule has 0 saturated heterocycles. The van der Waals surface area contributed by atoms with Crippen molar-refractivity contribution in [1.29, 1.82) is 0 Å². The molecule has 180 valence electrons. The van der Waals surface area contributed by atoms with Gasteiger partial charge in [-0.2, -0.15) is 11.8 Å². The fourth-order valence-corrected chi connectivity index (χ4v) is 4.94. The van der Waals surface area contributed by atoms with E-state index in [1.165, 1.54) is 11.8 Å². The topological polar surface area (TPSA) is 105 Å². The molecule has 0 unspecified atom stereocenters. The smallest absolute Gasteiger partial charge is 0.407 e. The summed E-state index contributed by atoms with van der Waals surface area (Å²) in [5.41, 5.74) is 4.51. The van der Waals surface area contributed by atoms with Crippen LogP contribution < -0.4 is 10.6 Å². The van der Waals surface area contributed by atoms with Gasteiger partial charge in [0.25, 0.3) is 0 Å². The lowest BCUT2D eigenvalue weighted by Crippen LogP contribution is -2.52. The standard InChI is InChI=1S/C26H30N2O5S/c1-34-13-12-22(25(30)31)27-24(29)23(14-16-10-11-16)28-26(32)33-15-21-19-8-4-2-6-17(19)18-7-3-5-9-20(18)21/h2-9,16,21-23H,10-15H2,1H3,(H,27,29)(H,28,32)(H,30,31)/t22-,23-/m0/s1. The molecule has 2 amide bonds. The molecule has 2 aromatic carbocycles. The molecule has 0 spiro atoms. The maximum atomic E-state index is 12.9. The number of benzene rings is 2. The highest BCUT2D eigenvalue weighted by Crippen LogP contribution is 2.44. The molecule has 0 heterocycles. The molecule has 2 aliphatic rings. The average molecular weight is 483 g/mol. The Bertz CT molecular complexity index is 1010. The number of alkyl carbamates (subject to hydrolysis) is 1. The zero-order valence-corrected chi connectivity index (χ0v) is 20.0. The van der Waals surface area contributed by atoms with Crippen LogP contribution in [0.5, 0.6) is 0 Å². The predicted octanol–water partition coefficient (Wildman–Crippen LogP) is 4.02. The van der Waals surface area contributed by atoms with Gasteiger partial charge in [-0.05, 0) is 53.0 Å². The van der Waals surface area contributed by atoms with Gasteiger partial charge in [-0.25, -0.2) is 9.59 Å². The molecule has 34 heavy (non-hydrogen) atoms. The Morgan fingerprint density at radius 3 is 2.18 bits per heavy atom. The van der Waals surface area contributed by atoms with Gasteiger partial charge < -0.3 is 20.5 Å².